The third-order valence-corrected chi connectivity index (χ3v) is 14.4. The molecule has 1 amide bonds. The minimum atomic E-state index is -4.60. The van der Waals surface area contributed by atoms with Crippen LogP contribution in [0.1, 0.15) is 277 Å². The summed E-state index contributed by atoms with van der Waals surface area (Å²) >= 11 is 0. The van der Waals surface area contributed by atoms with Crippen LogP contribution in [-0.4, -0.2) is 68.5 Å². The van der Waals surface area contributed by atoms with E-state index in [4.69, 9.17) is 9.05 Å². The van der Waals surface area contributed by atoms with E-state index in [1.165, 1.54) is 205 Å². The van der Waals surface area contributed by atoms with Gasteiger partial charge in [-0.25, -0.2) is 0 Å². The molecule has 0 radical (unpaired) electrons. The normalized spacial score (nSPS) is 14.3. The van der Waals surface area contributed by atoms with Crippen LogP contribution in [0.2, 0.25) is 0 Å². The summed E-state index contributed by atoms with van der Waals surface area (Å²) in [6.45, 7) is 4.61. The SMILES string of the molecule is CCCCCCC/C=C\C/C=C\C/C=C\CCCCCCCCCCCCCCCCCCCCCCCCC(=O)NC(COP(=O)([O-])OCC[N+](C)(C)C)C(O)/C=C/CC/C=C/CCCCCCCC. The van der Waals surface area contributed by atoms with Gasteiger partial charge in [0.1, 0.15) is 13.2 Å². The highest BCUT2D eigenvalue weighted by Gasteiger charge is 2.23. The highest BCUT2D eigenvalue weighted by molar-refractivity contribution is 7.45. The Hall–Kier alpha value is -1.80. The lowest BCUT2D eigenvalue weighted by atomic mass is 10.0. The summed E-state index contributed by atoms with van der Waals surface area (Å²) in [5, 5.41) is 13.8. The number of hydrogen-bond acceptors (Lipinski definition) is 6. The van der Waals surface area contributed by atoms with Crippen LogP contribution in [0.4, 0.5) is 0 Å². The predicted molar refractivity (Wildman–Crippen MR) is 307 cm³/mol. The number of phosphoric ester groups is 1. The molecule has 3 atom stereocenters. The molecule has 0 aromatic carbocycles. The summed E-state index contributed by atoms with van der Waals surface area (Å²) in [5.41, 5.74) is 0. The minimum Gasteiger partial charge on any atom is -0.756 e. The molecule has 9 heteroatoms. The number of nitrogens with one attached hydrogen (secondary N) is 1. The summed E-state index contributed by atoms with van der Waals surface area (Å²) in [4.78, 5) is 25.4. The van der Waals surface area contributed by atoms with Crippen molar-refractivity contribution in [2.75, 3.05) is 40.9 Å². The number of amides is 1. The Balaban J connectivity index is 3.93. The highest BCUT2D eigenvalue weighted by Crippen LogP contribution is 2.38. The number of aliphatic hydroxyl groups excluding tert-OH is 1. The minimum absolute atomic E-state index is 0.00634. The topological polar surface area (TPSA) is 108 Å². The number of unbranched alkanes of at least 4 members (excludes halogenated alkanes) is 34. The fourth-order valence-electron chi connectivity index (χ4n) is 8.71. The van der Waals surface area contributed by atoms with Gasteiger partial charge < -0.3 is 28.8 Å². The van der Waals surface area contributed by atoms with Gasteiger partial charge in [-0.2, -0.15) is 0 Å². The van der Waals surface area contributed by atoms with Crippen molar-refractivity contribution in [1.29, 1.82) is 0 Å². The van der Waals surface area contributed by atoms with Gasteiger partial charge in [-0.3, -0.25) is 9.36 Å². The lowest BCUT2D eigenvalue weighted by Crippen LogP contribution is -2.45. The first-order valence-corrected chi connectivity index (χ1v) is 31.6. The molecule has 416 valence electrons. The number of hydrogen-bond donors (Lipinski definition) is 2. The summed E-state index contributed by atoms with van der Waals surface area (Å²) in [5.74, 6) is -0.206. The monoisotopic (exact) mass is 1020 g/mol. The lowest BCUT2D eigenvalue weighted by molar-refractivity contribution is -0.870. The molecule has 0 fully saturated rings. The molecule has 0 heterocycles. The van der Waals surface area contributed by atoms with Crippen LogP contribution in [0.5, 0.6) is 0 Å². The maximum atomic E-state index is 12.9. The van der Waals surface area contributed by atoms with Gasteiger partial charge in [-0.05, 0) is 70.6 Å². The summed E-state index contributed by atoms with van der Waals surface area (Å²) in [6, 6.07) is -0.902. The number of likely N-dealkylation sites (N-methyl/N-ethyl adjacent to an activating group) is 1. The van der Waals surface area contributed by atoms with Crippen LogP contribution >= 0.6 is 7.82 Å². The second-order valence-electron chi connectivity index (χ2n) is 21.7. The van der Waals surface area contributed by atoms with Crippen LogP contribution in [0.15, 0.2) is 60.8 Å². The molecule has 0 aliphatic heterocycles. The maximum absolute atomic E-state index is 12.9. The zero-order valence-electron chi connectivity index (χ0n) is 47.4. The number of quaternary nitrogens is 1. The van der Waals surface area contributed by atoms with E-state index in [2.05, 4.69) is 67.8 Å². The van der Waals surface area contributed by atoms with Crippen LogP contribution in [-0.2, 0) is 18.4 Å². The average Bonchev–Trinajstić information content (AvgIpc) is 3.33. The Kier molecular flexibility index (Phi) is 51.7. The van der Waals surface area contributed by atoms with E-state index in [1.54, 1.807) is 6.08 Å². The molecule has 0 aromatic heterocycles. The van der Waals surface area contributed by atoms with Crippen LogP contribution in [0.3, 0.4) is 0 Å². The summed E-state index contributed by atoms with van der Waals surface area (Å²) in [7, 11) is 1.25. The predicted octanol–water partition coefficient (Wildman–Crippen LogP) is 17.9. The van der Waals surface area contributed by atoms with Crippen LogP contribution in [0.25, 0.3) is 0 Å². The number of allylic oxidation sites excluding steroid dienone is 9. The van der Waals surface area contributed by atoms with Crippen molar-refractivity contribution >= 4 is 13.7 Å². The quantitative estimate of drug-likeness (QED) is 0.0272. The number of carbonyl (C=O) groups is 1. The van der Waals surface area contributed by atoms with E-state index in [0.29, 0.717) is 17.4 Å². The van der Waals surface area contributed by atoms with Gasteiger partial charge in [0.2, 0.25) is 5.91 Å². The van der Waals surface area contributed by atoms with Gasteiger partial charge in [0, 0.05) is 6.42 Å². The van der Waals surface area contributed by atoms with E-state index in [1.807, 2.05) is 27.2 Å². The zero-order chi connectivity index (χ0) is 52.0. The molecular formula is C62H117N2O6P. The van der Waals surface area contributed by atoms with Crippen molar-refractivity contribution in [2.45, 2.75) is 289 Å². The largest absolute Gasteiger partial charge is 0.756 e. The standard InChI is InChI=1S/C62H117N2O6P/c1-6-8-10-12-14-16-18-20-21-22-23-24-25-26-27-28-29-30-31-32-33-34-35-36-37-38-39-40-41-42-43-44-46-48-50-52-54-56-62(66)63-60(59-70-71(67,68)69-58-57-64(3,4)5)61(65)55-53-51-49-47-45-19-17-15-13-11-9-7-2/h18,20,22-23,25-26,45,47,53,55,60-61,65H,6-17,19,21,24,27-44,46,48-52,54,56-59H2,1-5H3,(H-,63,66,67,68)/b20-18-,23-22-,26-25-,47-45+,55-53+. The zero-order valence-corrected chi connectivity index (χ0v) is 48.3. The van der Waals surface area contributed by atoms with E-state index in [0.717, 1.165) is 51.4 Å². The molecule has 0 rings (SSSR count). The van der Waals surface area contributed by atoms with E-state index < -0.39 is 26.6 Å². The number of phosphoric acid groups is 1. The van der Waals surface area contributed by atoms with Crippen molar-refractivity contribution in [2.24, 2.45) is 0 Å². The van der Waals surface area contributed by atoms with Crippen molar-refractivity contribution < 1.29 is 32.9 Å². The van der Waals surface area contributed by atoms with Gasteiger partial charge in [0.15, 0.2) is 0 Å². The fraction of sp³-hybridized carbons (Fsp3) is 0.823. The third-order valence-electron chi connectivity index (χ3n) is 13.4. The first-order chi connectivity index (χ1) is 34.5. The number of carbonyl (C=O) groups excluding carboxylic acids is 1. The first kappa shape index (κ1) is 69.2. The van der Waals surface area contributed by atoms with Crippen molar-refractivity contribution in [1.82, 2.24) is 5.32 Å². The molecule has 0 spiro atoms. The molecule has 0 aliphatic carbocycles. The smallest absolute Gasteiger partial charge is 0.268 e. The van der Waals surface area contributed by atoms with Gasteiger partial charge in [0.25, 0.3) is 7.82 Å². The van der Waals surface area contributed by atoms with Crippen molar-refractivity contribution in [3.05, 3.63) is 60.8 Å². The number of nitrogens with zero attached hydrogens (tertiary/aromatic N) is 1. The molecule has 2 N–H and O–H groups in total. The number of aliphatic hydroxyl groups is 1. The molecule has 0 bridgehead atoms. The Bertz CT molecular complexity index is 1340. The molecule has 3 unspecified atom stereocenters. The van der Waals surface area contributed by atoms with Gasteiger partial charge in [-0.1, -0.05) is 261 Å². The van der Waals surface area contributed by atoms with E-state index in [-0.39, 0.29) is 12.5 Å². The Morgan fingerprint density at radius 3 is 1.24 bits per heavy atom. The second kappa shape index (κ2) is 53.0. The molecule has 0 aromatic rings. The molecule has 0 aliphatic rings. The lowest BCUT2D eigenvalue weighted by Gasteiger charge is -2.29. The van der Waals surface area contributed by atoms with E-state index >= 15 is 0 Å². The Labute approximate surface area is 441 Å². The summed E-state index contributed by atoms with van der Waals surface area (Å²) in [6.07, 6.45) is 71.9. The highest BCUT2D eigenvalue weighted by atomic mass is 31.2. The van der Waals surface area contributed by atoms with Gasteiger partial charge >= 0.3 is 0 Å². The first-order valence-electron chi connectivity index (χ1n) is 30.2. The van der Waals surface area contributed by atoms with Crippen LogP contribution < -0.4 is 10.2 Å². The van der Waals surface area contributed by atoms with E-state index in [9.17, 15) is 19.4 Å². The van der Waals surface area contributed by atoms with Gasteiger partial charge in [-0.15, -0.1) is 0 Å². The van der Waals surface area contributed by atoms with Crippen molar-refractivity contribution in [3.63, 3.8) is 0 Å². The molecule has 8 nitrogen and oxygen atoms in total. The second-order valence-corrected chi connectivity index (χ2v) is 23.1. The number of rotatable bonds is 55. The molecule has 71 heavy (non-hydrogen) atoms. The maximum Gasteiger partial charge on any atom is 0.268 e. The third kappa shape index (κ3) is 55.8. The van der Waals surface area contributed by atoms with Gasteiger partial charge in [0.05, 0.1) is 39.9 Å². The molecule has 0 saturated carbocycles. The fourth-order valence-corrected chi connectivity index (χ4v) is 9.43. The molecular weight excluding hydrogens is 900 g/mol. The summed E-state index contributed by atoms with van der Waals surface area (Å²) < 4.78 is 23.3. The molecule has 0 saturated heterocycles. The Morgan fingerprint density at radius 2 is 0.831 bits per heavy atom. The van der Waals surface area contributed by atoms with Crippen LogP contribution in [0, 0.1) is 0 Å². The average molecular weight is 1020 g/mol. The Morgan fingerprint density at radius 1 is 0.493 bits per heavy atom. The van der Waals surface area contributed by atoms with Crippen molar-refractivity contribution in [3.8, 4) is 0 Å².